The summed E-state index contributed by atoms with van der Waals surface area (Å²) in [6, 6.07) is 23.6. The van der Waals surface area contributed by atoms with Crippen molar-refractivity contribution in [2.24, 2.45) is 0 Å². The van der Waals surface area contributed by atoms with Gasteiger partial charge in [-0.2, -0.15) is 0 Å². The van der Waals surface area contributed by atoms with Crippen molar-refractivity contribution >= 4 is 33.4 Å². The number of benzene rings is 2. The molecule has 0 spiro atoms. The smallest absolute Gasteiger partial charge is 0.136 e. The number of hydrogen-bond donors (Lipinski definition) is 1. The quantitative estimate of drug-likeness (QED) is 0.584. The molecule has 23 heavy (non-hydrogen) atoms. The van der Waals surface area contributed by atoms with Crippen molar-refractivity contribution in [3.05, 3.63) is 72.8 Å². The van der Waals surface area contributed by atoms with Crippen LogP contribution in [0.3, 0.4) is 0 Å². The summed E-state index contributed by atoms with van der Waals surface area (Å²) in [5, 5.41) is 12.0. The van der Waals surface area contributed by atoms with Gasteiger partial charge in [0.1, 0.15) is 18.4 Å². The Kier molecular flexibility index (Phi) is 3.37. The molecule has 0 fully saturated rings. The first-order valence-electron chi connectivity index (χ1n) is 7.45. The van der Waals surface area contributed by atoms with Gasteiger partial charge in [0.15, 0.2) is 0 Å². The second-order valence-corrected chi connectivity index (χ2v) is 5.29. The summed E-state index contributed by atoms with van der Waals surface area (Å²) >= 11 is 0. The standard InChI is InChI=1S/C19H15N3O/c23-13-22(18-11-9-14-5-1-3-7-16(14)20-18)19-12-10-15-6-2-4-8-17(15)21-19/h1-12,23H,13H2. The third-order valence-electron chi connectivity index (χ3n) is 3.86. The number of fused-ring (bicyclic) bond motifs is 2. The Bertz CT molecular complexity index is 905. The molecule has 2 aromatic heterocycles. The lowest BCUT2D eigenvalue weighted by Gasteiger charge is -2.20. The van der Waals surface area contributed by atoms with Crippen molar-refractivity contribution in [2.75, 3.05) is 11.6 Å². The average molecular weight is 301 g/mol. The lowest BCUT2D eigenvalue weighted by molar-refractivity contribution is 0.303. The molecule has 0 bridgehead atoms. The van der Waals surface area contributed by atoms with E-state index in [4.69, 9.17) is 0 Å². The number of aliphatic hydroxyl groups is 1. The minimum atomic E-state index is -0.184. The van der Waals surface area contributed by atoms with Gasteiger partial charge in [0.05, 0.1) is 11.0 Å². The van der Waals surface area contributed by atoms with Gasteiger partial charge in [-0.3, -0.25) is 4.90 Å². The van der Waals surface area contributed by atoms with Gasteiger partial charge in [-0.25, -0.2) is 9.97 Å². The second kappa shape index (κ2) is 5.66. The Balaban J connectivity index is 1.81. The van der Waals surface area contributed by atoms with Gasteiger partial charge in [-0.05, 0) is 36.4 Å². The molecular formula is C19H15N3O. The largest absolute Gasteiger partial charge is 0.376 e. The van der Waals surface area contributed by atoms with Crippen molar-refractivity contribution in [2.45, 2.75) is 0 Å². The summed E-state index contributed by atoms with van der Waals surface area (Å²) in [5.74, 6) is 1.35. The maximum absolute atomic E-state index is 9.82. The van der Waals surface area contributed by atoms with Crippen LogP contribution in [0.5, 0.6) is 0 Å². The van der Waals surface area contributed by atoms with Crippen molar-refractivity contribution in [3.63, 3.8) is 0 Å². The monoisotopic (exact) mass is 301 g/mol. The molecule has 0 saturated carbocycles. The van der Waals surface area contributed by atoms with Crippen molar-refractivity contribution in [1.82, 2.24) is 9.97 Å². The molecule has 0 aliphatic carbocycles. The summed E-state index contributed by atoms with van der Waals surface area (Å²) in [7, 11) is 0. The van der Waals surface area contributed by atoms with E-state index in [2.05, 4.69) is 9.97 Å². The highest BCUT2D eigenvalue weighted by Crippen LogP contribution is 2.25. The van der Waals surface area contributed by atoms with E-state index in [0.29, 0.717) is 11.6 Å². The molecule has 4 heteroatoms. The van der Waals surface area contributed by atoms with Gasteiger partial charge in [0.2, 0.25) is 0 Å². The molecule has 0 saturated heterocycles. The van der Waals surface area contributed by atoms with Crippen molar-refractivity contribution in [3.8, 4) is 0 Å². The van der Waals surface area contributed by atoms with Crippen molar-refractivity contribution in [1.29, 1.82) is 0 Å². The fourth-order valence-corrected chi connectivity index (χ4v) is 2.67. The topological polar surface area (TPSA) is 49.2 Å². The van der Waals surface area contributed by atoms with Crippen LogP contribution >= 0.6 is 0 Å². The number of hydrogen-bond acceptors (Lipinski definition) is 4. The van der Waals surface area contributed by atoms with E-state index in [1.807, 2.05) is 72.8 Å². The van der Waals surface area contributed by atoms with Crippen LogP contribution in [0, 0.1) is 0 Å². The lowest BCUT2D eigenvalue weighted by atomic mass is 10.2. The molecule has 0 aliphatic heterocycles. The highest BCUT2D eigenvalue weighted by Gasteiger charge is 2.12. The zero-order valence-electron chi connectivity index (χ0n) is 12.4. The molecule has 2 heterocycles. The molecule has 4 nitrogen and oxygen atoms in total. The molecule has 4 rings (SSSR count). The van der Waals surface area contributed by atoms with Crippen molar-refractivity contribution < 1.29 is 5.11 Å². The molecule has 1 N–H and O–H groups in total. The van der Waals surface area contributed by atoms with Crippen LogP contribution in [0.25, 0.3) is 21.8 Å². The zero-order chi connectivity index (χ0) is 15.6. The second-order valence-electron chi connectivity index (χ2n) is 5.29. The Hall–Kier alpha value is -2.98. The molecule has 0 aliphatic rings. The fraction of sp³-hybridized carbons (Fsp3) is 0.0526. The maximum atomic E-state index is 9.82. The van der Waals surface area contributed by atoms with Gasteiger partial charge in [0.25, 0.3) is 0 Å². The third kappa shape index (κ3) is 2.49. The van der Waals surface area contributed by atoms with E-state index in [0.717, 1.165) is 21.8 Å². The van der Waals surface area contributed by atoms with Gasteiger partial charge in [-0.1, -0.05) is 36.4 Å². The lowest BCUT2D eigenvalue weighted by Crippen LogP contribution is -2.20. The van der Waals surface area contributed by atoms with E-state index in [1.165, 1.54) is 0 Å². The first-order chi connectivity index (χ1) is 11.3. The SMILES string of the molecule is OCN(c1ccc2ccccc2n1)c1ccc2ccccc2n1. The Labute approximate surface area is 133 Å². The van der Waals surface area contributed by atoms with Crippen LogP contribution in [0.4, 0.5) is 11.6 Å². The first-order valence-corrected chi connectivity index (χ1v) is 7.45. The molecule has 0 amide bonds. The van der Waals surface area contributed by atoms with E-state index in [9.17, 15) is 5.11 Å². The normalized spacial score (nSPS) is 11.0. The molecule has 0 atom stereocenters. The van der Waals surface area contributed by atoms with Gasteiger partial charge in [-0.15, -0.1) is 0 Å². The Morgan fingerprint density at radius 1 is 0.652 bits per heavy atom. The van der Waals surface area contributed by atoms with Crippen LogP contribution in [0.1, 0.15) is 0 Å². The zero-order valence-corrected chi connectivity index (χ0v) is 12.4. The van der Waals surface area contributed by atoms with Gasteiger partial charge >= 0.3 is 0 Å². The Morgan fingerprint density at radius 2 is 1.13 bits per heavy atom. The number of rotatable bonds is 3. The predicted molar refractivity (Wildman–Crippen MR) is 92.7 cm³/mol. The van der Waals surface area contributed by atoms with Gasteiger partial charge in [0, 0.05) is 10.8 Å². The molecule has 0 unspecified atom stereocenters. The summed E-state index contributed by atoms with van der Waals surface area (Å²) < 4.78 is 0. The maximum Gasteiger partial charge on any atom is 0.136 e. The van der Waals surface area contributed by atoms with Crippen LogP contribution < -0.4 is 4.90 Å². The molecule has 2 aromatic carbocycles. The van der Waals surface area contributed by atoms with Gasteiger partial charge < -0.3 is 5.11 Å². The third-order valence-corrected chi connectivity index (χ3v) is 3.86. The number of para-hydroxylation sites is 2. The summed E-state index contributed by atoms with van der Waals surface area (Å²) in [6.07, 6.45) is 0. The number of pyridine rings is 2. The van der Waals surface area contributed by atoms with E-state index >= 15 is 0 Å². The van der Waals surface area contributed by atoms with E-state index in [1.54, 1.807) is 4.90 Å². The summed E-state index contributed by atoms with van der Waals surface area (Å²) in [4.78, 5) is 11.0. The number of anilines is 2. The molecule has 4 aromatic rings. The van der Waals surface area contributed by atoms with E-state index < -0.39 is 0 Å². The minimum absolute atomic E-state index is 0.184. The molecular weight excluding hydrogens is 286 g/mol. The highest BCUT2D eigenvalue weighted by molar-refractivity contribution is 5.83. The molecule has 0 radical (unpaired) electrons. The Morgan fingerprint density at radius 3 is 1.61 bits per heavy atom. The summed E-state index contributed by atoms with van der Waals surface area (Å²) in [5.41, 5.74) is 1.79. The van der Waals surface area contributed by atoms with Crippen LogP contribution in [0.2, 0.25) is 0 Å². The van der Waals surface area contributed by atoms with Crippen LogP contribution in [-0.4, -0.2) is 21.8 Å². The predicted octanol–water partition coefficient (Wildman–Crippen LogP) is 3.87. The first kappa shape index (κ1) is 13.7. The molecule has 112 valence electrons. The summed E-state index contributed by atoms with van der Waals surface area (Å²) in [6.45, 7) is -0.184. The van der Waals surface area contributed by atoms with E-state index in [-0.39, 0.29) is 6.73 Å². The highest BCUT2D eigenvalue weighted by atomic mass is 16.3. The fourth-order valence-electron chi connectivity index (χ4n) is 2.67. The van der Waals surface area contributed by atoms with Crippen LogP contribution in [0.15, 0.2) is 72.8 Å². The number of aliphatic hydroxyl groups excluding tert-OH is 1. The minimum Gasteiger partial charge on any atom is -0.376 e. The number of nitrogens with zero attached hydrogens (tertiary/aromatic N) is 3. The average Bonchev–Trinajstić information content (AvgIpc) is 2.62. The number of aromatic nitrogens is 2. The van der Waals surface area contributed by atoms with Crippen LogP contribution in [-0.2, 0) is 0 Å².